The van der Waals surface area contributed by atoms with Gasteiger partial charge in [0.2, 0.25) is 0 Å². The van der Waals surface area contributed by atoms with Gasteiger partial charge in [-0.05, 0) is 59.1 Å². The SMILES string of the molecule is COCCCN1C(=O)C(C)(C)Oc2cc(C(F)(F)F)c(C(=O)N(C(C)C)C3CCCCC3)cc21. The van der Waals surface area contributed by atoms with Crippen LogP contribution < -0.4 is 9.64 Å². The summed E-state index contributed by atoms with van der Waals surface area (Å²) in [6, 6.07) is 1.70. The standard InChI is InChI=1S/C25H35F3N2O4/c1-16(2)30(17-10-7-6-8-11-17)22(31)18-14-20-21(15-19(18)25(26,27)28)34-24(3,4)23(32)29(20)12-9-13-33-5/h14-17H,6-13H2,1-5H3. The summed E-state index contributed by atoms with van der Waals surface area (Å²) in [5, 5.41) is 0. The first kappa shape index (κ1) is 26.3. The first-order valence-electron chi connectivity index (χ1n) is 12.0. The second-order valence-electron chi connectivity index (χ2n) is 9.88. The summed E-state index contributed by atoms with van der Waals surface area (Å²) in [5.74, 6) is -1.09. The fourth-order valence-corrected chi connectivity index (χ4v) is 4.93. The Morgan fingerprint density at radius 2 is 1.88 bits per heavy atom. The van der Waals surface area contributed by atoms with Gasteiger partial charge in [-0.3, -0.25) is 9.59 Å². The van der Waals surface area contributed by atoms with E-state index in [-0.39, 0.29) is 36.0 Å². The van der Waals surface area contributed by atoms with Gasteiger partial charge in [-0.2, -0.15) is 13.2 Å². The molecule has 1 aromatic rings. The molecule has 6 nitrogen and oxygen atoms in total. The van der Waals surface area contributed by atoms with Crippen LogP contribution in [0, 0.1) is 0 Å². The zero-order valence-corrected chi connectivity index (χ0v) is 20.6. The van der Waals surface area contributed by atoms with Crippen molar-refractivity contribution in [3.05, 3.63) is 23.3 Å². The second kappa shape index (κ2) is 10.1. The van der Waals surface area contributed by atoms with E-state index in [0.29, 0.717) is 13.0 Å². The molecule has 190 valence electrons. The number of carbonyl (C=O) groups is 2. The molecule has 1 aliphatic carbocycles. The molecule has 2 amide bonds. The molecule has 3 rings (SSSR count). The lowest BCUT2D eigenvalue weighted by molar-refractivity contribution is -0.138. The lowest BCUT2D eigenvalue weighted by Gasteiger charge is -2.40. The average Bonchev–Trinajstić information content (AvgIpc) is 2.75. The van der Waals surface area contributed by atoms with E-state index in [1.165, 1.54) is 31.9 Å². The third kappa shape index (κ3) is 5.34. The van der Waals surface area contributed by atoms with Crippen LogP contribution in [-0.4, -0.2) is 54.7 Å². The highest BCUT2D eigenvalue weighted by atomic mass is 19.4. The van der Waals surface area contributed by atoms with Crippen LogP contribution in [0.2, 0.25) is 0 Å². The van der Waals surface area contributed by atoms with Crippen LogP contribution in [0.4, 0.5) is 18.9 Å². The Hall–Kier alpha value is -2.29. The molecule has 1 heterocycles. The van der Waals surface area contributed by atoms with Crippen molar-refractivity contribution in [3.8, 4) is 5.75 Å². The lowest BCUT2D eigenvalue weighted by atomic mass is 9.92. The van der Waals surface area contributed by atoms with Gasteiger partial charge in [0.05, 0.1) is 16.8 Å². The van der Waals surface area contributed by atoms with Crippen molar-refractivity contribution in [3.63, 3.8) is 0 Å². The van der Waals surface area contributed by atoms with Crippen LogP contribution in [0.3, 0.4) is 0 Å². The number of nitrogens with zero attached hydrogens (tertiary/aromatic N) is 2. The van der Waals surface area contributed by atoms with Gasteiger partial charge in [0.15, 0.2) is 5.60 Å². The fraction of sp³-hybridized carbons (Fsp3) is 0.680. The van der Waals surface area contributed by atoms with Crippen molar-refractivity contribution in [1.29, 1.82) is 0 Å². The third-order valence-corrected chi connectivity index (χ3v) is 6.54. The third-order valence-electron chi connectivity index (χ3n) is 6.54. The number of methoxy groups -OCH3 is 1. The Morgan fingerprint density at radius 3 is 2.44 bits per heavy atom. The van der Waals surface area contributed by atoms with Crippen LogP contribution in [0.15, 0.2) is 12.1 Å². The summed E-state index contributed by atoms with van der Waals surface area (Å²) in [6.07, 6.45) is 0.233. The van der Waals surface area contributed by atoms with Crippen LogP contribution in [0.25, 0.3) is 0 Å². The molecule has 2 aliphatic rings. The predicted octanol–water partition coefficient (Wildman–Crippen LogP) is 5.43. The molecule has 0 aromatic heterocycles. The largest absolute Gasteiger partial charge is 0.476 e. The Balaban J connectivity index is 2.13. The van der Waals surface area contributed by atoms with Gasteiger partial charge in [-0.25, -0.2) is 0 Å². The van der Waals surface area contributed by atoms with E-state index in [9.17, 15) is 22.8 Å². The minimum Gasteiger partial charge on any atom is -0.476 e. The molecule has 0 radical (unpaired) electrons. The topological polar surface area (TPSA) is 59.1 Å². The summed E-state index contributed by atoms with van der Waals surface area (Å²) < 4.78 is 53.3. The molecule has 0 saturated heterocycles. The Kier molecular flexibility index (Phi) is 7.85. The van der Waals surface area contributed by atoms with Gasteiger partial charge < -0.3 is 19.3 Å². The minimum atomic E-state index is -4.76. The van der Waals surface area contributed by atoms with Gasteiger partial charge in [-0.1, -0.05) is 19.3 Å². The number of rotatable bonds is 7. The highest BCUT2D eigenvalue weighted by molar-refractivity contribution is 6.05. The van der Waals surface area contributed by atoms with Crippen LogP contribution in [0.1, 0.15) is 82.1 Å². The van der Waals surface area contributed by atoms with Gasteiger partial charge >= 0.3 is 6.18 Å². The van der Waals surface area contributed by atoms with E-state index >= 15 is 0 Å². The van der Waals surface area contributed by atoms with Crippen LogP contribution >= 0.6 is 0 Å². The summed E-state index contributed by atoms with van der Waals surface area (Å²) in [7, 11) is 1.54. The molecular weight excluding hydrogens is 449 g/mol. The molecule has 1 saturated carbocycles. The summed E-state index contributed by atoms with van der Waals surface area (Å²) >= 11 is 0. The molecule has 0 bridgehead atoms. The van der Waals surface area contributed by atoms with Crippen molar-refractivity contribution >= 4 is 17.5 Å². The van der Waals surface area contributed by atoms with Gasteiger partial charge in [-0.15, -0.1) is 0 Å². The number of halogens is 3. The zero-order valence-electron chi connectivity index (χ0n) is 20.6. The number of amides is 2. The maximum absolute atomic E-state index is 14.2. The summed E-state index contributed by atoms with van der Waals surface area (Å²) in [4.78, 5) is 29.8. The number of alkyl halides is 3. The van der Waals surface area contributed by atoms with E-state index in [1.54, 1.807) is 4.90 Å². The number of ether oxygens (including phenoxy) is 2. The van der Waals surface area contributed by atoms with E-state index in [1.807, 2.05) is 13.8 Å². The van der Waals surface area contributed by atoms with Crippen molar-refractivity contribution < 1.29 is 32.2 Å². The first-order chi connectivity index (χ1) is 15.9. The molecule has 34 heavy (non-hydrogen) atoms. The second-order valence-corrected chi connectivity index (χ2v) is 9.88. The molecule has 1 fully saturated rings. The normalized spacial score (nSPS) is 18.6. The molecule has 0 N–H and O–H groups in total. The molecular formula is C25H35F3N2O4. The van der Waals surface area contributed by atoms with E-state index < -0.39 is 28.8 Å². The lowest BCUT2D eigenvalue weighted by Crippen LogP contribution is -2.53. The first-order valence-corrected chi connectivity index (χ1v) is 12.0. The van der Waals surface area contributed by atoms with E-state index in [2.05, 4.69) is 0 Å². The van der Waals surface area contributed by atoms with Gasteiger partial charge in [0.1, 0.15) is 5.75 Å². The minimum absolute atomic E-state index is 0.0559. The van der Waals surface area contributed by atoms with Crippen LogP contribution in [-0.2, 0) is 15.7 Å². The average molecular weight is 485 g/mol. The smallest absolute Gasteiger partial charge is 0.417 e. The highest BCUT2D eigenvalue weighted by Crippen LogP contribution is 2.44. The number of benzene rings is 1. The Bertz CT molecular complexity index is 908. The Morgan fingerprint density at radius 1 is 1.24 bits per heavy atom. The number of fused-ring (bicyclic) bond motifs is 1. The van der Waals surface area contributed by atoms with Crippen molar-refractivity contribution in [2.45, 2.75) is 90.1 Å². The quantitative estimate of drug-likeness (QED) is 0.485. The van der Waals surface area contributed by atoms with Crippen molar-refractivity contribution in [1.82, 2.24) is 4.90 Å². The van der Waals surface area contributed by atoms with Gasteiger partial charge in [0, 0.05) is 32.3 Å². The Labute approximate surface area is 199 Å². The maximum Gasteiger partial charge on any atom is 0.417 e. The van der Waals surface area contributed by atoms with E-state index in [0.717, 1.165) is 38.2 Å². The maximum atomic E-state index is 14.2. The fourth-order valence-electron chi connectivity index (χ4n) is 4.93. The number of hydrogen-bond acceptors (Lipinski definition) is 4. The van der Waals surface area contributed by atoms with Crippen molar-refractivity contribution in [2.75, 3.05) is 25.2 Å². The van der Waals surface area contributed by atoms with E-state index in [4.69, 9.17) is 9.47 Å². The van der Waals surface area contributed by atoms with Crippen LogP contribution in [0.5, 0.6) is 5.75 Å². The monoisotopic (exact) mass is 484 g/mol. The summed E-state index contributed by atoms with van der Waals surface area (Å²) in [6.45, 7) is 7.32. The molecule has 9 heteroatoms. The highest BCUT2D eigenvalue weighted by Gasteiger charge is 2.45. The molecule has 1 aliphatic heterocycles. The zero-order chi connectivity index (χ0) is 25.3. The number of hydrogen-bond donors (Lipinski definition) is 0. The van der Waals surface area contributed by atoms with Gasteiger partial charge in [0.25, 0.3) is 11.8 Å². The molecule has 0 unspecified atom stereocenters. The molecule has 1 aromatic carbocycles. The summed E-state index contributed by atoms with van der Waals surface area (Å²) in [5.41, 5.74) is -2.64. The number of anilines is 1. The number of carbonyl (C=O) groups excluding carboxylic acids is 2. The molecule has 0 atom stereocenters. The van der Waals surface area contributed by atoms with Crippen molar-refractivity contribution in [2.24, 2.45) is 0 Å². The predicted molar refractivity (Wildman–Crippen MR) is 123 cm³/mol. The molecule has 0 spiro atoms.